The van der Waals surface area contributed by atoms with E-state index >= 15 is 0 Å². The molecule has 11 nitrogen and oxygen atoms in total. The van der Waals surface area contributed by atoms with E-state index in [0.717, 1.165) is 48.9 Å². The van der Waals surface area contributed by atoms with Gasteiger partial charge >= 0.3 is 0 Å². The highest BCUT2D eigenvalue weighted by atomic mass is 35.5. The number of nitrogens with zero attached hydrogens (tertiary/aromatic N) is 4. The number of fused-ring (bicyclic) bond motifs is 1. The molecule has 2 amide bonds. The van der Waals surface area contributed by atoms with Gasteiger partial charge in [0, 0.05) is 59.8 Å². The van der Waals surface area contributed by atoms with Crippen molar-refractivity contribution in [1.29, 1.82) is 0 Å². The molecule has 13 heteroatoms. The molecule has 7 rings (SSSR count). The van der Waals surface area contributed by atoms with Crippen LogP contribution in [0.4, 0.5) is 0 Å². The molecule has 4 atom stereocenters. The number of aryl methyl sites for hydroxylation is 1. The van der Waals surface area contributed by atoms with Gasteiger partial charge in [-0.2, -0.15) is 0 Å². The average molecular weight is 717 g/mol. The number of hydrogen-bond donors (Lipinski definition) is 3. The number of carbonyl (C=O) groups excluding carboxylic acids is 2. The van der Waals surface area contributed by atoms with Gasteiger partial charge < -0.3 is 25.4 Å². The molecular formula is C37H39Cl2N7O4. The number of carbonyl (C=O) groups is 2. The molecule has 0 radical (unpaired) electrons. The van der Waals surface area contributed by atoms with Crippen molar-refractivity contribution in [3.05, 3.63) is 70.2 Å². The van der Waals surface area contributed by atoms with Gasteiger partial charge in [-0.1, -0.05) is 59.6 Å². The average Bonchev–Trinajstić information content (AvgIpc) is 3.83. The number of benzene rings is 2. The summed E-state index contributed by atoms with van der Waals surface area (Å²) in [5.41, 5.74) is 5.42. The van der Waals surface area contributed by atoms with Gasteiger partial charge in [-0.05, 0) is 44.4 Å². The van der Waals surface area contributed by atoms with Gasteiger partial charge in [-0.25, -0.2) is 9.97 Å². The third-order valence-electron chi connectivity index (χ3n) is 10.00. The third kappa shape index (κ3) is 6.99. The summed E-state index contributed by atoms with van der Waals surface area (Å²) in [5.74, 6) is 1.50. The first-order valence-corrected chi connectivity index (χ1v) is 17.8. The molecule has 2 aromatic carbocycles. The lowest BCUT2D eigenvalue weighted by atomic mass is 9.98. The Hall–Kier alpha value is -4.32. The van der Waals surface area contributed by atoms with Crippen molar-refractivity contribution in [2.24, 2.45) is 5.92 Å². The van der Waals surface area contributed by atoms with Gasteiger partial charge in [0.15, 0.2) is 0 Å². The first-order valence-electron chi connectivity index (χ1n) is 17.0. The normalized spacial score (nSPS) is 21.2. The Morgan fingerprint density at radius 1 is 0.800 bits per heavy atom. The van der Waals surface area contributed by atoms with Crippen LogP contribution in [0.25, 0.3) is 33.6 Å². The van der Waals surface area contributed by atoms with Crippen LogP contribution in [0.5, 0.6) is 11.8 Å². The molecule has 3 fully saturated rings. The van der Waals surface area contributed by atoms with E-state index in [4.69, 9.17) is 47.6 Å². The Morgan fingerprint density at radius 2 is 1.42 bits per heavy atom. The van der Waals surface area contributed by atoms with Crippen molar-refractivity contribution in [1.82, 2.24) is 35.9 Å². The van der Waals surface area contributed by atoms with Crippen LogP contribution in [-0.2, 0) is 22.6 Å². The van der Waals surface area contributed by atoms with Crippen LogP contribution in [-0.4, -0.2) is 64.1 Å². The van der Waals surface area contributed by atoms with Crippen LogP contribution in [0.15, 0.2) is 48.8 Å². The number of amides is 2. The Morgan fingerprint density at radius 3 is 2.04 bits per heavy atom. The number of hydrogen-bond acceptors (Lipinski definition) is 9. The fraction of sp³-hybridized carbons (Fsp3) is 0.405. The molecule has 2 aliphatic heterocycles. The van der Waals surface area contributed by atoms with Crippen molar-refractivity contribution in [2.45, 2.75) is 76.0 Å². The molecular weight excluding hydrogens is 677 g/mol. The molecule has 4 heterocycles. The quantitative estimate of drug-likeness (QED) is 0.162. The molecule has 260 valence electrons. The van der Waals surface area contributed by atoms with Gasteiger partial charge in [-0.15, -0.1) is 0 Å². The molecule has 2 saturated heterocycles. The summed E-state index contributed by atoms with van der Waals surface area (Å²) in [5, 5.41) is 10.6. The number of nitrogens with one attached hydrogen (secondary N) is 3. The molecule has 1 aliphatic carbocycles. The lowest BCUT2D eigenvalue weighted by molar-refractivity contribution is -0.120. The minimum Gasteiger partial charge on any atom is -0.480 e. The number of methoxy groups -OCH3 is 2. The molecule has 3 N–H and O–H groups in total. The Balaban J connectivity index is 1.09. The molecule has 1 saturated carbocycles. The lowest BCUT2D eigenvalue weighted by Crippen LogP contribution is -2.44. The maximum Gasteiger partial charge on any atom is 0.237 e. The zero-order valence-electron chi connectivity index (χ0n) is 28.0. The van der Waals surface area contributed by atoms with Crippen molar-refractivity contribution in [3.8, 4) is 45.4 Å². The SMILES string of the molecule is COc1nc(-c2cccc(-c3cccc(-c4cnc(CN[C@@H]5CC[C@@H]6CC(=O)N[C@@H]65)c(OC)n4)c3Cl)c2Cl)cnc1CCC[C@@H]1CCC(=O)N1. The molecule has 0 bridgehead atoms. The smallest absolute Gasteiger partial charge is 0.237 e. The molecule has 0 spiro atoms. The maximum atomic E-state index is 11.9. The Kier molecular flexibility index (Phi) is 10.2. The Bertz CT molecular complexity index is 1930. The summed E-state index contributed by atoms with van der Waals surface area (Å²) < 4.78 is 11.3. The zero-order valence-corrected chi connectivity index (χ0v) is 29.5. The summed E-state index contributed by atoms with van der Waals surface area (Å²) >= 11 is 14.2. The largest absolute Gasteiger partial charge is 0.480 e. The highest BCUT2D eigenvalue weighted by molar-refractivity contribution is 6.39. The summed E-state index contributed by atoms with van der Waals surface area (Å²) in [7, 11) is 3.16. The van der Waals surface area contributed by atoms with Crippen molar-refractivity contribution >= 4 is 35.0 Å². The molecule has 4 aromatic rings. The first kappa shape index (κ1) is 34.1. The summed E-state index contributed by atoms with van der Waals surface area (Å²) in [4.78, 5) is 42.3. The van der Waals surface area contributed by atoms with Crippen molar-refractivity contribution < 1.29 is 19.1 Å². The predicted octanol–water partition coefficient (Wildman–Crippen LogP) is 5.95. The highest BCUT2D eigenvalue weighted by Gasteiger charge is 2.42. The van der Waals surface area contributed by atoms with Gasteiger partial charge in [-0.3, -0.25) is 19.6 Å². The van der Waals surface area contributed by atoms with Crippen molar-refractivity contribution in [2.75, 3.05) is 14.2 Å². The van der Waals surface area contributed by atoms with Crippen LogP contribution in [0.1, 0.15) is 56.3 Å². The zero-order chi connectivity index (χ0) is 34.8. The van der Waals surface area contributed by atoms with E-state index in [9.17, 15) is 9.59 Å². The van der Waals surface area contributed by atoms with Gasteiger partial charge in [0.25, 0.3) is 0 Å². The van der Waals surface area contributed by atoms with Crippen LogP contribution < -0.4 is 25.4 Å². The number of aromatic nitrogens is 4. The fourth-order valence-corrected chi connectivity index (χ4v) is 8.08. The van der Waals surface area contributed by atoms with E-state index in [1.165, 1.54) is 0 Å². The second-order valence-electron chi connectivity index (χ2n) is 13.1. The van der Waals surface area contributed by atoms with E-state index in [2.05, 4.69) is 20.9 Å². The van der Waals surface area contributed by atoms with E-state index < -0.39 is 0 Å². The maximum absolute atomic E-state index is 11.9. The van der Waals surface area contributed by atoms with Crippen LogP contribution in [0, 0.1) is 5.92 Å². The summed E-state index contributed by atoms with van der Waals surface area (Å²) in [6.07, 6.45) is 9.95. The minimum atomic E-state index is 0.121. The molecule has 3 aliphatic rings. The van der Waals surface area contributed by atoms with E-state index in [1.807, 2.05) is 36.4 Å². The van der Waals surface area contributed by atoms with Crippen LogP contribution in [0.3, 0.4) is 0 Å². The predicted molar refractivity (Wildman–Crippen MR) is 191 cm³/mol. The van der Waals surface area contributed by atoms with E-state index in [-0.39, 0.29) is 29.9 Å². The standard InChI is InChI=1S/C37H39Cl2N7O4/c1-49-36-27(11-3-6-21-13-15-31(47)43-21)41-17-28(44-36)24-9-4-7-22(33(24)38)23-8-5-10-25(34(23)39)29-18-42-30(37(45-29)50-2)19-40-26-14-12-20-16-32(48)46-35(20)26/h4-5,7-10,17-18,20-21,26,35,40H,3,6,11-16,19H2,1-2H3,(H,43,47)(H,46,48)/t20-,21-,26-,35+/m1/s1. The van der Waals surface area contributed by atoms with E-state index in [1.54, 1.807) is 26.6 Å². The van der Waals surface area contributed by atoms with Crippen molar-refractivity contribution in [3.63, 3.8) is 0 Å². The van der Waals surface area contributed by atoms with Crippen LogP contribution in [0.2, 0.25) is 10.0 Å². The number of ether oxygens (including phenoxy) is 2. The number of halogens is 2. The van der Waals surface area contributed by atoms with Gasteiger partial charge in [0.1, 0.15) is 11.4 Å². The summed E-state index contributed by atoms with van der Waals surface area (Å²) in [6, 6.07) is 12.0. The third-order valence-corrected chi connectivity index (χ3v) is 10.8. The monoisotopic (exact) mass is 715 g/mol. The highest BCUT2D eigenvalue weighted by Crippen LogP contribution is 2.42. The molecule has 0 unspecified atom stereocenters. The molecule has 2 aromatic heterocycles. The Labute approximate surface area is 300 Å². The number of rotatable bonds is 12. The van der Waals surface area contributed by atoms with E-state index in [0.29, 0.717) is 81.7 Å². The lowest BCUT2D eigenvalue weighted by Gasteiger charge is -2.20. The minimum absolute atomic E-state index is 0.121. The fourth-order valence-electron chi connectivity index (χ4n) is 7.43. The van der Waals surface area contributed by atoms with Gasteiger partial charge in [0.05, 0.1) is 48.0 Å². The van der Waals surface area contributed by atoms with Crippen LogP contribution >= 0.6 is 23.2 Å². The second-order valence-corrected chi connectivity index (χ2v) is 13.8. The summed E-state index contributed by atoms with van der Waals surface area (Å²) in [6.45, 7) is 0.463. The first-order chi connectivity index (χ1) is 24.3. The molecule has 50 heavy (non-hydrogen) atoms. The topological polar surface area (TPSA) is 140 Å². The second kappa shape index (κ2) is 14.9. The van der Waals surface area contributed by atoms with Gasteiger partial charge in [0.2, 0.25) is 23.6 Å².